The molecule has 8 heteroatoms. The van der Waals surface area contributed by atoms with E-state index in [1.165, 1.54) is 6.07 Å². The van der Waals surface area contributed by atoms with E-state index in [0.29, 0.717) is 17.9 Å². The van der Waals surface area contributed by atoms with Crippen molar-refractivity contribution in [2.24, 2.45) is 0 Å². The number of aromatic amines is 2. The summed E-state index contributed by atoms with van der Waals surface area (Å²) in [5.41, 5.74) is 5.31. The molecule has 0 bridgehead atoms. The van der Waals surface area contributed by atoms with Crippen molar-refractivity contribution in [1.29, 1.82) is 0 Å². The molecule has 3 N–H and O–H groups in total. The minimum Gasteiger partial charge on any atom is -0.361 e. The molecule has 0 saturated heterocycles. The average molecular weight is 419 g/mol. The number of rotatable bonds is 6. The van der Waals surface area contributed by atoms with Crippen molar-refractivity contribution in [3.05, 3.63) is 80.9 Å². The van der Waals surface area contributed by atoms with Crippen molar-refractivity contribution in [3.8, 4) is 0 Å². The topological polar surface area (TPSA) is 108 Å². The summed E-state index contributed by atoms with van der Waals surface area (Å²) in [4.78, 5) is 35.4. The van der Waals surface area contributed by atoms with E-state index in [-0.39, 0.29) is 18.0 Å². The summed E-state index contributed by atoms with van der Waals surface area (Å²) in [5, 5.41) is 8.60. The summed E-state index contributed by atoms with van der Waals surface area (Å²) in [5.74, 6) is 0.324. The van der Waals surface area contributed by atoms with Gasteiger partial charge in [-0.25, -0.2) is 4.98 Å². The van der Waals surface area contributed by atoms with Crippen molar-refractivity contribution >= 4 is 16.8 Å². The van der Waals surface area contributed by atoms with Gasteiger partial charge in [0.1, 0.15) is 12.4 Å². The fraction of sp³-hybridized carbons (Fsp3) is 0.304. The molecule has 1 atom stereocenters. The van der Waals surface area contributed by atoms with Gasteiger partial charge in [0.05, 0.1) is 17.4 Å². The Balaban J connectivity index is 1.64. The van der Waals surface area contributed by atoms with E-state index >= 15 is 0 Å². The summed E-state index contributed by atoms with van der Waals surface area (Å²) in [6.07, 6.45) is 2.44. The van der Waals surface area contributed by atoms with Crippen LogP contribution < -0.4 is 10.9 Å². The van der Waals surface area contributed by atoms with Crippen LogP contribution in [0.25, 0.3) is 10.9 Å². The van der Waals surface area contributed by atoms with Crippen LogP contribution in [-0.2, 0) is 17.8 Å². The van der Waals surface area contributed by atoms with E-state index in [1.807, 2.05) is 51.2 Å². The molecule has 1 amide bonds. The lowest BCUT2D eigenvalue weighted by Crippen LogP contribution is -2.34. The molecule has 0 unspecified atom stereocenters. The van der Waals surface area contributed by atoms with Crippen molar-refractivity contribution in [3.63, 3.8) is 0 Å². The van der Waals surface area contributed by atoms with E-state index in [0.717, 1.165) is 33.4 Å². The number of benzene rings is 1. The highest BCUT2D eigenvalue weighted by Gasteiger charge is 2.21. The zero-order valence-corrected chi connectivity index (χ0v) is 18.1. The number of para-hydroxylation sites is 1. The van der Waals surface area contributed by atoms with Crippen LogP contribution in [0.2, 0.25) is 0 Å². The first kappa shape index (κ1) is 20.6. The monoisotopic (exact) mass is 418 g/mol. The third-order valence-electron chi connectivity index (χ3n) is 5.71. The molecule has 31 heavy (non-hydrogen) atoms. The number of aromatic nitrogens is 5. The lowest BCUT2D eigenvalue weighted by Gasteiger charge is -2.19. The molecule has 0 aliphatic carbocycles. The second-order valence-electron chi connectivity index (χ2n) is 7.89. The maximum atomic E-state index is 12.9. The Hall–Kier alpha value is -3.68. The molecular weight excluding hydrogens is 392 g/mol. The molecule has 0 fully saturated rings. The lowest BCUT2D eigenvalue weighted by atomic mass is 10.0. The highest BCUT2D eigenvalue weighted by atomic mass is 16.2. The molecule has 0 saturated carbocycles. The molecular formula is C23H26N6O2. The van der Waals surface area contributed by atoms with Crippen LogP contribution in [0.15, 0.2) is 41.3 Å². The molecule has 3 aromatic heterocycles. The second-order valence-corrected chi connectivity index (χ2v) is 7.89. The summed E-state index contributed by atoms with van der Waals surface area (Å²) in [7, 11) is 0. The Morgan fingerprint density at radius 1 is 1.19 bits per heavy atom. The number of nitrogens with zero attached hydrogens (tertiary/aromatic N) is 3. The Morgan fingerprint density at radius 2 is 1.97 bits per heavy atom. The highest BCUT2D eigenvalue weighted by Crippen LogP contribution is 2.23. The van der Waals surface area contributed by atoms with Crippen LogP contribution in [0.1, 0.15) is 40.1 Å². The molecule has 4 rings (SSSR count). The number of hydrogen-bond acceptors (Lipinski definition) is 4. The molecule has 0 aliphatic heterocycles. The van der Waals surface area contributed by atoms with Crippen LogP contribution in [0.3, 0.4) is 0 Å². The molecule has 0 aliphatic rings. The van der Waals surface area contributed by atoms with E-state index in [2.05, 4.69) is 25.4 Å². The molecule has 0 spiro atoms. The van der Waals surface area contributed by atoms with Gasteiger partial charge in [-0.3, -0.25) is 14.3 Å². The normalized spacial score (nSPS) is 12.3. The van der Waals surface area contributed by atoms with E-state index in [4.69, 9.17) is 0 Å². The van der Waals surface area contributed by atoms with Crippen molar-refractivity contribution in [2.75, 3.05) is 0 Å². The Bertz CT molecular complexity index is 1310. The predicted octanol–water partition coefficient (Wildman–Crippen LogP) is 2.78. The zero-order chi connectivity index (χ0) is 22.1. The molecule has 4 aromatic rings. The standard InChI is InChI=1S/C23H26N6O2/c1-13-14(2)28-29(15(13)3)12-23(31)27-20(21-10-22(30)26-16(4)25-21)9-17-11-24-19-8-6-5-7-18(17)19/h5-8,10-11,20,24H,9,12H2,1-4H3,(H,27,31)(H,25,26,30)/t20-/m0/s1. The first-order valence-electron chi connectivity index (χ1n) is 10.2. The van der Waals surface area contributed by atoms with Crippen molar-refractivity contribution in [2.45, 2.75) is 46.7 Å². The van der Waals surface area contributed by atoms with E-state index in [9.17, 15) is 9.59 Å². The quantitative estimate of drug-likeness (QED) is 0.447. The first-order chi connectivity index (χ1) is 14.8. The molecule has 160 valence electrons. The maximum Gasteiger partial charge on any atom is 0.251 e. The van der Waals surface area contributed by atoms with Gasteiger partial charge in [0.15, 0.2) is 0 Å². The number of aryl methyl sites for hydroxylation is 2. The van der Waals surface area contributed by atoms with Gasteiger partial charge in [-0.05, 0) is 44.9 Å². The number of carbonyl (C=O) groups excluding carboxylic acids is 1. The second kappa shape index (κ2) is 8.22. The van der Waals surface area contributed by atoms with Gasteiger partial charge in [-0.1, -0.05) is 18.2 Å². The number of amides is 1. The van der Waals surface area contributed by atoms with Gasteiger partial charge < -0.3 is 15.3 Å². The van der Waals surface area contributed by atoms with Gasteiger partial charge in [0, 0.05) is 35.3 Å². The fourth-order valence-corrected chi connectivity index (χ4v) is 3.85. The Kier molecular flexibility index (Phi) is 5.46. The largest absolute Gasteiger partial charge is 0.361 e. The zero-order valence-electron chi connectivity index (χ0n) is 18.1. The number of fused-ring (bicyclic) bond motifs is 1. The van der Waals surface area contributed by atoms with Crippen LogP contribution in [0, 0.1) is 27.7 Å². The number of nitrogens with one attached hydrogen (secondary N) is 3. The van der Waals surface area contributed by atoms with Crippen LogP contribution in [-0.4, -0.2) is 30.6 Å². The van der Waals surface area contributed by atoms with Gasteiger partial charge in [0.2, 0.25) is 5.91 Å². The van der Waals surface area contributed by atoms with Crippen LogP contribution in [0.5, 0.6) is 0 Å². The smallest absolute Gasteiger partial charge is 0.251 e. The van der Waals surface area contributed by atoms with E-state index in [1.54, 1.807) is 11.6 Å². The van der Waals surface area contributed by atoms with Crippen molar-refractivity contribution in [1.82, 2.24) is 30.0 Å². The van der Waals surface area contributed by atoms with Crippen LogP contribution >= 0.6 is 0 Å². The van der Waals surface area contributed by atoms with Crippen molar-refractivity contribution < 1.29 is 4.79 Å². The van der Waals surface area contributed by atoms with Gasteiger partial charge in [-0.2, -0.15) is 5.10 Å². The molecule has 8 nitrogen and oxygen atoms in total. The minimum atomic E-state index is -0.453. The fourth-order valence-electron chi connectivity index (χ4n) is 3.85. The minimum absolute atomic E-state index is 0.104. The molecule has 0 radical (unpaired) electrons. The summed E-state index contributed by atoms with van der Waals surface area (Å²) in [6.45, 7) is 7.71. The predicted molar refractivity (Wildman–Crippen MR) is 119 cm³/mol. The highest BCUT2D eigenvalue weighted by molar-refractivity contribution is 5.83. The summed E-state index contributed by atoms with van der Waals surface area (Å²) < 4.78 is 1.71. The number of hydrogen-bond donors (Lipinski definition) is 3. The molecule has 3 heterocycles. The van der Waals surface area contributed by atoms with Gasteiger partial charge >= 0.3 is 0 Å². The molecule has 1 aromatic carbocycles. The average Bonchev–Trinajstić information content (AvgIpc) is 3.23. The number of H-pyrrole nitrogens is 2. The maximum absolute atomic E-state index is 12.9. The third-order valence-corrected chi connectivity index (χ3v) is 5.71. The van der Waals surface area contributed by atoms with Gasteiger partial charge in [0.25, 0.3) is 5.56 Å². The summed E-state index contributed by atoms with van der Waals surface area (Å²) in [6, 6.07) is 8.99. The Morgan fingerprint density at radius 3 is 2.68 bits per heavy atom. The van der Waals surface area contributed by atoms with E-state index < -0.39 is 6.04 Å². The number of carbonyl (C=O) groups is 1. The van der Waals surface area contributed by atoms with Crippen LogP contribution in [0.4, 0.5) is 0 Å². The third kappa shape index (κ3) is 4.28. The Labute approximate surface area is 179 Å². The lowest BCUT2D eigenvalue weighted by molar-refractivity contribution is -0.122. The van der Waals surface area contributed by atoms with Gasteiger partial charge in [-0.15, -0.1) is 0 Å². The summed E-state index contributed by atoms with van der Waals surface area (Å²) >= 11 is 0. The SMILES string of the molecule is Cc1nc([C@H](Cc2c[nH]c3ccccc23)NC(=O)Cn2nc(C)c(C)c2C)cc(=O)[nH]1. The first-order valence-corrected chi connectivity index (χ1v) is 10.2.